The van der Waals surface area contributed by atoms with Crippen molar-refractivity contribution in [2.24, 2.45) is 0 Å². The molecule has 0 radical (unpaired) electrons. The molecule has 1 aromatic carbocycles. The maximum Gasteiger partial charge on any atom is 0.242 e. The summed E-state index contributed by atoms with van der Waals surface area (Å²) in [6.07, 6.45) is 1.14. The molecule has 0 spiro atoms. The molecule has 5 nitrogen and oxygen atoms in total. The molecule has 0 amide bonds. The van der Waals surface area contributed by atoms with Crippen molar-refractivity contribution in [1.82, 2.24) is 4.98 Å². The van der Waals surface area contributed by atoms with Crippen molar-refractivity contribution in [2.45, 2.75) is 11.8 Å². The van der Waals surface area contributed by atoms with Gasteiger partial charge in [-0.2, -0.15) is 0 Å². The van der Waals surface area contributed by atoms with Gasteiger partial charge in [-0.1, -0.05) is 6.07 Å². The van der Waals surface area contributed by atoms with Crippen molar-refractivity contribution in [3.8, 4) is 11.6 Å². The lowest BCUT2D eigenvalue weighted by Gasteiger charge is -2.08. The second kappa shape index (κ2) is 4.89. The van der Waals surface area contributed by atoms with E-state index in [0.717, 1.165) is 11.9 Å². The molecule has 2 N–H and O–H groups in total. The van der Waals surface area contributed by atoms with Gasteiger partial charge in [-0.15, -0.1) is 0 Å². The zero-order chi connectivity index (χ0) is 14.0. The number of benzene rings is 1. The molecular formula is C13H14N2O3S. The Morgan fingerprint density at radius 2 is 1.95 bits per heavy atom. The smallest absolute Gasteiger partial charge is 0.242 e. The van der Waals surface area contributed by atoms with Gasteiger partial charge in [-0.05, 0) is 37.3 Å². The zero-order valence-corrected chi connectivity index (χ0v) is 11.4. The normalized spacial score (nSPS) is 11.3. The molecule has 0 atom stereocenters. The molecule has 0 saturated heterocycles. The number of sulfone groups is 1. The molecule has 0 saturated carbocycles. The molecule has 6 heteroatoms. The summed E-state index contributed by atoms with van der Waals surface area (Å²) in [5, 5.41) is 0. The minimum absolute atomic E-state index is 0.191. The molecule has 2 rings (SSSR count). The van der Waals surface area contributed by atoms with E-state index in [1.807, 2.05) is 6.92 Å². The number of ether oxygens (including phenoxy) is 1. The first kappa shape index (κ1) is 13.4. The maximum atomic E-state index is 11.5. The number of rotatable bonds is 3. The Bertz CT molecular complexity index is 712. The number of anilines is 1. The topological polar surface area (TPSA) is 82.3 Å². The third-order valence-electron chi connectivity index (χ3n) is 2.48. The van der Waals surface area contributed by atoms with Crippen LogP contribution in [0.4, 0.5) is 5.69 Å². The summed E-state index contributed by atoms with van der Waals surface area (Å²) in [7, 11) is -3.27. The number of aryl methyl sites for hydroxylation is 1. The monoisotopic (exact) mass is 278 g/mol. The first-order valence-corrected chi connectivity index (χ1v) is 7.46. The van der Waals surface area contributed by atoms with Gasteiger partial charge in [0.25, 0.3) is 0 Å². The summed E-state index contributed by atoms with van der Waals surface area (Å²) in [4.78, 5) is 4.35. The van der Waals surface area contributed by atoms with Crippen LogP contribution in [0, 0.1) is 6.92 Å². The predicted molar refractivity (Wildman–Crippen MR) is 73.0 cm³/mol. The van der Waals surface area contributed by atoms with Crippen LogP contribution in [0.15, 0.2) is 41.3 Å². The van der Waals surface area contributed by atoms with Crippen LogP contribution in [0.3, 0.4) is 0 Å². The minimum atomic E-state index is -3.27. The van der Waals surface area contributed by atoms with Crippen molar-refractivity contribution in [1.29, 1.82) is 0 Å². The molecule has 100 valence electrons. The largest absolute Gasteiger partial charge is 0.437 e. The lowest BCUT2D eigenvalue weighted by molar-refractivity contribution is 0.462. The number of nitrogens with zero attached hydrogens (tertiary/aromatic N) is 1. The first-order chi connectivity index (χ1) is 8.86. The molecule has 0 bridgehead atoms. The average molecular weight is 278 g/mol. The van der Waals surface area contributed by atoms with Crippen molar-refractivity contribution >= 4 is 15.5 Å². The number of nitrogen functional groups attached to an aromatic ring is 1. The van der Waals surface area contributed by atoms with Crippen LogP contribution >= 0.6 is 0 Å². The van der Waals surface area contributed by atoms with E-state index in [9.17, 15) is 8.42 Å². The highest BCUT2D eigenvalue weighted by Crippen LogP contribution is 2.26. The average Bonchev–Trinajstić information content (AvgIpc) is 2.33. The summed E-state index contributed by atoms with van der Waals surface area (Å²) in [5.41, 5.74) is 6.92. The molecule has 1 aromatic heterocycles. The van der Waals surface area contributed by atoms with Crippen LogP contribution in [0.5, 0.6) is 11.6 Å². The van der Waals surface area contributed by atoms with E-state index in [0.29, 0.717) is 11.4 Å². The lowest BCUT2D eigenvalue weighted by atomic mass is 10.3. The summed E-state index contributed by atoms with van der Waals surface area (Å²) >= 11 is 0. The number of pyridine rings is 1. The standard InChI is InChI=1S/C13H14N2O3S/c1-9-6-7-12(14)13(15-9)18-10-4-3-5-11(8-10)19(2,16)17/h3-8H,14H2,1-2H3. The van der Waals surface area contributed by atoms with Gasteiger partial charge in [0.15, 0.2) is 9.84 Å². The molecule has 0 unspecified atom stereocenters. The Balaban J connectivity index is 2.36. The Morgan fingerprint density at radius 1 is 1.21 bits per heavy atom. The van der Waals surface area contributed by atoms with Gasteiger partial charge in [0, 0.05) is 11.9 Å². The van der Waals surface area contributed by atoms with Crippen LogP contribution in [0.2, 0.25) is 0 Å². The van der Waals surface area contributed by atoms with Crippen molar-refractivity contribution in [3.63, 3.8) is 0 Å². The third kappa shape index (κ3) is 3.23. The van der Waals surface area contributed by atoms with Gasteiger partial charge in [0.05, 0.1) is 10.6 Å². The summed E-state index contributed by atoms with van der Waals surface area (Å²) in [6.45, 7) is 1.82. The van der Waals surface area contributed by atoms with E-state index in [-0.39, 0.29) is 10.8 Å². The first-order valence-electron chi connectivity index (χ1n) is 5.57. The van der Waals surface area contributed by atoms with Crippen LogP contribution in [0.25, 0.3) is 0 Å². The van der Waals surface area contributed by atoms with Gasteiger partial charge in [-0.25, -0.2) is 13.4 Å². The summed E-state index contributed by atoms with van der Waals surface area (Å²) in [5.74, 6) is 0.651. The number of aromatic nitrogens is 1. The molecule has 0 fully saturated rings. The zero-order valence-electron chi connectivity index (χ0n) is 10.6. The Hall–Kier alpha value is -2.08. The van der Waals surface area contributed by atoms with Crippen molar-refractivity contribution in [2.75, 3.05) is 12.0 Å². The summed E-state index contributed by atoms with van der Waals surface area (Å²) < 4.78 is 28.5. The Kier molecular flexibility index (Phi) is 3.44. The predicted octanol–water partition coefficient (Wildman–Crippen LogP) is 2.17. The molecule has 0 aliphatic rings. The van der Waals surface area contributed by atoms with Crippen LogP contribution in [0.1, 0.15) is 5.69 Å². The Morgan fingerprint density at radius 3 is 2.63 bits per heavy atom. The quantitative estimate of drug-likeness (QED) is 0.930. The minimum Gasteiger partial charge on any atom is -0.437 e. The Labute approximate surface area is 112 Å². The van der Waals surface area contributed by atoms with Gasteiger partial charge in [-0.3, -0.25) is 0 Å². The SMILES string of the molecule is Cc1ccc(N)c(Oc2cccc(S(C)(=O)=O)c2)n1. The third-order valence-corrected chi connectivity index (χ3v) is 3.59. The van der Waals surface area contributed by atoms with Crippen LogP contribution in [-0.2, 0) is 9.84 Å². The number of hydrogen-bond donors (Lipinski definition) is 1. The second-order valence-corrected chi connectivity index (χ2v) is 6.21. The molecule has 0 aliphatic heterocycles. The fourth-order valence-corrected chi connectivity index (χ4v) is 2.16. The van der Waals surface area contributed by atoms with Gasteiger partial charge >= 0.3 is 0 Å². The fourth-order valence-electron chi connectivity index (χ4n) is 1.51. The van der Waals surface area contributed by atoms with Crippen LogP contribution in [-0.4, -0.2) is 19.7 Å². The van der Waals surface area contributed by atoms with Crippen molar-refractivity contribution in [3.05, 3.63) is 42.1 Å². The second-order valence-electron chi connectivity index (χ2n) is 4.20. The fraction of sp³-hybridized carbons (Fsp3) is 0.154. The van der Waals surface area contributed by atoms with E-state index in [4.69, 9.17) is 10.5 Å². The van der Waals surface area contributed by atoms with Gasteiger partial charge in [0.2, 0.25) is 5.88 Å². The van der Waals surface area contributed by atoms with Crippen molar-refractivity contribution < 1.29 is 13.2 Å². The van der Waals surface area contributed by atoms with E-state index >= 15 is 0 Å². The highest BCUT2D eigenvalue weighted by molar-refractivity contribution is 7.90. The number of nitrogens with two attached hydrogens (primary N) is 1. The maximum absolute atomic E-state index is 11.5. The molecule has 1 heterocycles. The highest BCUT2D eigenvalue weighted by Gasteiger charge is 2.10. The van der Waals surface area contributed by atoms with Gasteiger partial charge < -0.3 is 10.5 Å². The number of hydrogen-bond acceptors (Lipinski definition) is 5. The van der Waals surface area contributed by atoms with Crippen LogP contribution < -0.4 is 10.5 Å². The van der Waals surface area contributed by atoms with E-state index in [1.54, 1.807) is 24.3 Å². The van der Waals surface area contributed by atoms with E-state index in [1.165, 1.54) is 12.1 Å². The van der Waals surface area contributed by atoms with Gasteiger partial charge in [0.1, 0.15) is 5.75 Å². The molecule has 2 aromatic rings. The summed E-state index contributed by atoms with van der Waals surface area (Å²) in [6, 6.07) is 9.68. The highest BCUT2D eigenvalue weighted by atomic mass is 32.2. The van der Waals surface area contributed by atoms with E-state index in [2.05, 4.69) is 4.98 Å². The lowest BCUT2D eigenvalue weighted by Crippen LogP contribution is -1.99. The van der Waals surface area contributed by atoms with E-state index < -0.39 is 9.84 Å². The molecule has 0 aliphatic carbocycles. The molecule has 19 heavy (non-hydrogen) atoms. The molecular weight excluding hydrogens is 264 g/mol.